The summed E-state index contributed by atoms with van der Waals surface area (Å²) in [6.07, 6.45) is 1.14. The fourth-order valence-corrected chi connectivity index (χ4v) is 2.78. The molecule has 0 amide bonds. The average molecular weight is 295 g/mol. The molecule has 0 bridgehead atoms. The van der Waals surface area contributed by atoms with Gasteiger partial charge in [-0.05, 0) is 30.7 Å². The third kappa shape index (κ3) is 2.38. The van der Waals surface area contributed by atoms with Crippen LogP contribution < -0.4 is 5.32 Å². The minimum atomic E-state index is 0.170. The Balaban J connectivity index is 1.78. The van der Waals surface area contributed by atoms with E-state index in [0.717, 1.165) is 29.9 Å². The van der Waals surface area contributed by atoms with E-state index in [-0.39, 0.29) is 6.04 Å². The second-order valence-electron chi connectivity index (χ2n) is 4.54. The fourth-order valence-electron chi connectivity index (χ4n) is 2.37. The van der Waals surface area contributed by atoms with Crippen LogP contribution in [0.5, 0.6) is 0 Å². The van der Waals surface area contributed by atoms with Crippen LogP contribution >= 0.6 is 15.9 Å². The molecule has 1 fully saturated rings. The van der Waals surface area contributed by atoms with Crippen molar-refractivity contribution in [3.05, 3.63) is 34.3 Å². The van der Waals surface area contributed by atoms with Crippen LogP contribution in [0.1, 0.15) is 18.0 Å². The zero-order valence-electron chi connectivity index (χ0n) is 9.53. The maximum absolute atomic E-state index is 5.74. The first-order valence-corrected chi connectivity index (χ1v) is 6.79. The van der Waals surface area contributed by atoms with Crippen molar-refractivity contribution >= 4 is 21.8 Å². The lowest BCUT2D eigenvalue weighted by Crippen LogP contribution is -2.17. The van der Waals surface area contributed by atoms with Gasteiger partial charge in [0.05, 0.1) is 0 Å². The summed E-state index contributed by atoms with van der Waals surface area (Å²) in [6, 6.07) is 8.48. The van der Waals surface area contributed by atoms with E-state index in [1.807, 2.05) is 12.1 Å². The third-order valence-corrected chi connectivity index (χ3v) is 3.81. The number of hydrogen-bond acceptors (Lipinski definition) is 3. The molecule has 4 heteroatoms. The van der Waals surface area contributed by atoms with E-state index in [4.69, 9.17) is 9.73 Å². The Kier molecular flexibility index (Phi) is 3.16. The molecule has 2 heterocycles. The molecule has 2 atom stereocenters. The molecule has 1 N–H and O–H groups in total. The average Bonchev–Trinajstić information content (AvgIpc) is 3.00. The van der Waals surface area contributed by atoms with Gasteiger partial charge >= 0.3 is 0 Å². The van der Waals surface area contributed by atoms with Crippen LogP contribution in [0, 0.1) is 5.92 Å². The van der Waals surface area contributed by atoms with Gasteiger partial charge in [-0.2, -0.15) is 0 Å². The van der Waals surface area contributed by atoms with Gasteiger partial charge < -0.3 is 10.1 Å². The van der Waals surface area contributed by atoms with Gasteiger partial charge in [-0.15, -0.1) is 0 Å². The molecule has 0 radical (unpaired) electrons. The SMILES string of the molecule is Brc1cccc(C2COC(C3CCNC3)=N2)c1. The van der Waals surface area contributed by atoms with E-state index in [1.54, 1.807) is 0 Å². The highest BCUT2D eigenvalue weighted by Crippen LogP contribution is 2.28. The van der Waals surface area contributed by atoms with Crippen molar-refractivity contribution in [2.24, 2.45) is 10.9 Å². The summed E-state index contributed by atoms with van der Waals surface area (Å²) in [5.41, 5.74) is 1.22. The first-order chi connectivity index (χ1) is 8.33. The van der Waals surface area contributed by atoms with Gasteiger partial charge in [0.25, 0.3) is 0 Å². The minimum absolute atomic E-state index is 0.170. The first-order valence-electron chi connectivity index (χ1n) is 5.99. The zero-order chi connectivity index (χ0) is 11.7. The van der Waals surface area contributed by atoms with Crippen LogP contribution in [0.3, 0.4) is 0 Å². The molecule has 3 nitrogen and oxygen atoms in total. The maximum Gasteiger partial charge on any atom is 0.188 e. The standard InChI is InChI=1S/C13H15BrN2O/c14-11-3-1-2-9(6-11)12-8-17-13(16-12)10-4-5-15-7-10/h1-3,6,10,12,15H,4-5,7-8H2. The van der Waals surface area contributed by atoms with Gasteiger partial charge in [-0.1, -0.05) is 28.1 Å². The van der Waals surface area contributed by atoms with Crippen LogP contribution in [0.4, 0.5) is 0 Å². The second-order valence-corrected chi connectivity index (χ2v) is 5.45. The van der Waals surface area contributed by atoms with E-state index < -0.39 is 0 Å². The van der Waals surface area contributed by atoms with Gasteiger partial charge in [-0.3, -0.25) is 0 Å². The van der Waals surface area contributed by atoms with Crippen LogP contribution in [0.2, 0.25) is 0 Å². The summed E-state index contributed by atoms with van der Waals surface area (Å²) in [7, 11) is 0. The summed E-state index contributed by atoms with van der Waals surface area (Å²) in [5, 5.41) is 3.34. The summed E-state index contributed by atoms with van der Waals surface area (Å²) in [4.78, 5) is 4.72. The fraction of sp³-hybridized carbons (Fsp3) is 0.462. The lowest BCUT2D eigenvalue weighted by molar-refractivity contribution is 0.301. The highest BCUT2D eigenvalue weighted by Gasteiger charge is 2.28. The van der Waals surface area contributed by atoms with E-state index in [2.05, 4.69) is 33.4 Å². The number of ether oxygens (including phenoxy) is 1. The smallest absolute Gasteiger partial charge is 0.188 e. The number of hydrogen-bond donors (Lipinski definition) is 1. The number of rotatable bonds is 2. The summed E-state index contributed by atoms with van der Waals surface area (Å²) < 4.78 is 6.84. The van der Waals surface area contributed by atoms with Crippen molar-refractivity contribution in [1.29, 1.82) is 0 Å². The molecular formula is C13H15BrN2O. The quantitative estimate of drug-likeness (QED) is 0.909. The predicted molar refractivity (Wildman–Crippen MR) is 71.2 cm³/mol. The maximum atomic E-state index is 5.74. The first kappa shape index (κ1) is 11.2. The molecule has 0 spiro atoms. The molecule has 3 rings (SSSR count). The molecule has 0 aromatic heterocycles. The number of benzene rings is 1. The Labute approximate surface area is 109 Å². The Hall–Kier alpha value is -0.870. The Morgan fingerprint density at radius 1 is 1.41 bits per heavy atom. The van der Waals surface area contributed by atoms with Crippen molar-refractivity contribution in [3.8, 4) is 0 Å². The van der Waals surface area contributed by atoms with Crippen molar-refractivity contribution < 1.29 is 4.74 Å². The number of nitrogens with one attached hydrogen (secondary N) is 1. The molecule has 17 heavy (non-hydrogen) atoms. The van der Waals surface area contributed by atoms with Gasteiger partial charge in [0, 0.05) is 16.9 Å². The van der Waals surface area contributed by atoms with Crippen molar-refractivity contribution in [2.75, 3.05) is 19.7 Å². The van der Waals surface area contributed by atoms with Gasteiger partial charge in [-0.25, -0.2) is 4.99 Å². The summed E-state index contributed by atoms with van der Waals surface area (Å²) in [6.45, 7) is 2.76. The number of nitrogens with zero attached hydrogens (tertiary/aromatic N) is 1. The normalized spacial score (nSPS) is 27.9. The van der Waals surface area contributed by atoms with Crippen molar-refractivity contribution in [3.63, 3.8) is 0 Å². The van der Waals surface area contributed by atoms with Gasteiger partial charge in [0.1, 0.15) is 12.6 Å². The Morgan fingerprint density at radius 3 is 3.12 bits per heavy atom. The summed E-state index contributed by atoms with van der Waals surface area (Å²) in [5.74, 6) is 1.42. The van der Waals surface area contributed by atoms with Crippen LogP contribution in [0.25, 0.3) is 0 Å². The Morgan fingerprint density at radius 2 is 2.35 bits per heavy atom. The summed E-state index contributed by atoms with van der Waals surface area (Å²) >= 11 is 3.49. The lowest BCUT2D eigenvalue weighted by atomic mass is 10.1. The Bertz CT molecular complexity index is 441. The van der Waals surface area contributed by atoms with E-state index in [0.29, 0.717) is 12.5 Å². The molecule has 2 unspecified atom stereocenters. The molecule has 1 aromatic carbocycles. The van der Waals surface area contributed by atoms with Gasteiger partial charge in [0.2, 0.25) is 0 Å². The van der Waals surface area contributed by atoms with Crippen molar-refractivity contribution in [1.82, 2.24) is 5.32 Å². The van der Waals surface area contributed by atoms with Gasteiger partial charge in [0.15, 0.2) is 5.90 Å². The molecule has 0 saturated carbocycles. The second kappa shape index (κ2) is 4.78. The monoisotopic (exact) mass is 294 g/mol. The largest absolute Gasteiger partial charge is 0.478 e. The molecule has 1 aromatic rings. The molecule has 2 aliphatic rings. The van der Waals surface area contributed by atoms with E-state index in [1.165, 1.54) is 5.56 Å². The molecule has 0 aliphatic carbocycles. The minimum Gasteiger partial charge on any atom is -0.478 e. The van der Waals surface area contributed by atoms with E-state index >= 15 is 0 Å². The van der Waals surface area contributed by atoms with Crippen LogP contribution in [-0.2, 0) is 4.74 Å². The van der Waals surface area contributed by atoms with E-state index in [9.17, 15) is 0 Å². The molecule has 1 saturated heterocycles. The highest BCUT2D eigenvalue weighted by atomic mass is 79.9. The topological polar surface area (TPSA) is 33.6 Å². The third-order valence-electron chi connectivity index (χ3n) is 3.32. The molecular weight excluding hydrogens is 280 g/mol. The zero-order valence-corrected chi connectivity index (χ0v) is 11.1. The lowest BCUT2D eigenvalue weighted by Gasteiger charge is -2.06. The molecule has 90 valence electrons. The molecule has 2 aliphatic heterocycles. The van der Waals surface area contributed by atoms with Crippen molar-refractivity contribution in [2.45, 2.75) is 12.5 Å². The predicted octanol–water partition coefficient (Wildman–Crippen LogP) is 2.53. The number of aliphatic imine (C=N–C) groups is 1. The van der Waals surface area contributed by atoms with Crippen LogP contribution in [0.15, 0.2) is 33.7 Å². The number of halogens is 1. The van der Waals surface area contributed by atoms with Crippen LogP contribution in [-0.4, -0.2) is 25.6 Å². The highest BCUT2D eigenvalue weighted by molar-refractivity contribution is 9.10.